The first kappa shape index (κ1) is 10.5. The molecule has 6 heteroatoms. The van der Waals surface area contributed by atoms with Crippen LogP contribution in [0.15, 0.2) is 23.1 Å². The highest BCUT2D eigenvalue weighted by Gasteiger charge is 2.13. The van der Waals surface area contributed by atoms with Crippen molar-refractivity contribution in [1.82, 2.24) is 0 Å². The van der Waals surface area contributed by atoms with Crippen LogP contribution in [0.2, 0.25) is 5.02 Å². The van der Waals surface area contributed by atoms with E-state index in [1.54, 1.807) is 0 Å². The fourth-order valence-corrected chi connectivity index (χ4v) is 1.95. The zero-order chi connectivity index (χ0) is 10.1. The number of hydrogen-bond donors (Lipinski definition) is 2. The Labute approximate surface area is 81.0 Å². The lowest BCUT2D eigenvalue weighted by Gasteiger charge is -2.04. The van der Waals surface area contributed by atoms with Gasteiger partial charge < -0.3 is 5.11 Å². The number of hydrogen-bond acceptors (Lipinski definition) is 3. The van der Waals surface area contributed by atoms with E-state index in [4.69, 9.17) is 21.8 Å². The molecule has 0 aliphatic carbocycles. The van der Waals surface area contributed by atoms with Crippen LogP contribution in [0.1, 0.15) is 5.56 Å². The van der Waals surface area contributed by atoms with Gasteiger partial charge in [-0.3, -0.25) is 0 Å². The van der Waals surface area contributed by atoms with Crippen molar-refractivity contribution in [2.24, 2.45) is 5.14 Å². The molecule has 0 fully saturated rings. The summed E-state index contributed by atoms with van der Waals surface area (Å²) >= 11 is 5.58. The molecule has 0 aromatic heterocycles. The Bertz CT molecular complexity index is 416. The average molecular weight is 222 g/mol. The van der Waals surface area contributed by atoms with Crippen LogP contribution in [0.3, 0.4) is 0 Å². The smallest absolute Gasteiger partial charge is 0.238 e. The summed E-state index contributed by atoms with van der Waals surface area (Å²) in [7, 11) is -3.81. The number of nitrogens with two attached hydrogens (primary N) is 1. The van der Waals surface area contributed by atoms with E-state index in [9.17, 15) is 8.42 Å². The van der Waals surface area contributed by atoms with Crippen LogP contribution >= 0.6 is 11.6 Å². The second-order valence-corrected chi connectivity index (χ2v) is 4.42. The number of benzene rings is 1. The van der Waals surface area contributed by atoms with Gasteiger partial charge in [0, 0.05) is 5.02 Å². The number of aliphatic hydroxyl groups is 1. The molecule has 0 unspecified atom stereocenters. The molecule has 1 aromatic rings. The molecule has 1 rings (SSSR count). The SMILES string of the molecule is NS(=O)(=O)c1cc(Cl)ccc1CO. The van der Waals surface area contributed by atoms with Gasteiger partial charge in [-0.05, 0) is 17.7 Å². The van der Waals surface area contributed by atoms with Crippen molar-refractivity contribution in [3.63, 3.8) is 0 Å². The molecule has 1 aromatic carbocycles. The summed E-state index contributed by atoms with van der Waals surface area (Å²) in [5, 5.41) is 14.0. The molecule has 0 amide bonds. The summed E-state index contributed by atoms with van der Waals surface area (Å²) in [6, 6.07) is 4.12. The molecular weight excluding hydrogens is 214 g/mol. The molecule has 0 atom stereocenters. The topological polar surface area (TPSA) is 80.4 Å². The molecule has 4 nitrogen and oxygen atoms in total. The molecular formula is C7H8ClNO3S. The van der Waals surface area contributed by atoms with Gasteiger partial charge in [-0.15, -0.1) is 0 Å². The maximum Gasteiger partial charge on any atom is 0.238 e. The Morgan fingerprint density at radius 1 is 1.46 bits per heavy atom. The van der Waals surface area contributed by atoms with E-state index in [0.29, 0.717) is 0 Å². The first-order valence-corrected chi connectivity index (χ1v) is 5.29. The van der Waals surface area contributed by atoms with Gasteiger partial charge in [0.2, 0.25) is 10.0 Å². The summed E-state index contributed by atoms with van der Waals surface area (Å²) in [4.78, 5) is -0.137. The Hall–Kier alpha value is -0.620. The van der Waals surface area contributed by atoms with E-state index in [-0.39, 0.29) is 22.1 Å². The lowest BCUT2D eigenvalue weighted by molar-refractivity contribution is 0.278. The summed E-state index contributed by atoms with van der Waals surface area (Å²) in [6.45, 7) is -0.386. The van der Waals surface area contributed by atoms with Gasteiger partial charge in [-0.1, -0.05) is 17.7 Å². The molecule has 0 spiro atoms. The lowest BCUT2D eigenvalue weighted by Crippen LogP contribution is -2.14. The van der Waals surface area contributed by atoms with Crippen LogP contribution in [0.25, 0.3) is 0 Å². The molecule has 0 heterocycles. The fraction of sp³-hybridized carbons (Fsp3) is 0.143. The first-order chi connectivity index (χ1) is 5.95. The van der Waals surface area contributed by atoms with Crippen molar-refractivity contribution in [1.29, 1.82) is 0 Å². The van der Waals surface area contributed by atoms with E-state index in [2.05, 4.69) is 0 Å². The third kappa shape index (κ3) is 2.41. The van der Waals surface area contributed by atoms with Crippen LogP contribution < -0.4 is 5.14 Å². The minimum Gasteiger partial charge on any atom is -0.392 e. The second-order valence-electron chi connectivity index (χ2n) is 2.46. The fourth-order valence-electron chi connectivity index (χ4n) is 0.924. The highest BCUT2D eigenvalue weighted by molar-refractivity contribution is 7.89. The van der Waals surface area contributed by atoms with Gasteiger partial charge in [-0.25, -0.2) is 13.6 Å². The third-order valence-corrected chi connectivity index (χ3v) is 2.73. The van der Waals surface area contributed by atoms with E-state index >= 15 is 0 Å². The molecule has 13 heavy (non-hydrogen) atoms. The second kappa shape index (κ2) is 3.63. The molecule has 0 saturated carbocycles. The van der Waals surface area contributed by atoms with Gasteiger partial charge >= 0.3 is 0 Å². The molecule has 72 valence electrons. The van der Waals surface area contributed by atoms with E-state index < -0.39 is 10.0 Å². The predicted octanol–water partition coefficient (Wildman–Crippen LogP) is 0.480. The Morgan fingerprint density at radius 2 is 2.08 bits per heavy atom. The standard InChI is InChI=1S/C7H8ClNO3S/c8-6-2-1-5(4-10)7(3-6)13(9,11)12/h1-3,10H,4H2,(H2,9,11,12). The van der Waals surface area contributed by atoms with Crippen LogP contribution in [-0.4, -0.2) is 13.5 Å². The van der Waals surface area contributed by atoms with Crippen molar-refractivity contribution in [3.8, 4) is 0 Å². The minimum atomic E-state index is -3.81. The maximum absolute atomic E-state index is 11.0. The molecule has 0 saturated heterocycles. The molecule has 0 bridgehead atoms. The molecule has 3 N–H and O–H groups in total. The monoisotopic (exact) mass is 221 g/mol. The lowest BCUT2D eigenvalue weighted by atomic mass is 10.2. The number of aliphatic hydroxyl groups excluding tert-OH is 1. The van der Waals surface area contributed by atoms with Gasteiger partial charge in [0.15, 0.2) is 0 Å². The Balaban J connectivity index is 3.41. The van der Waals surface area contributed by atoms with Gasteiger partial charge in [0.1, 0.15) is 0 Å². The van der Waals surface area contributed by atoms with E-state index in [0.717, 1.165) is 0 Å². The minimum absolute atomic E-state index is 0.137. The summed E-state index contributed by atoms with van der Waals surface area (Å²) in [5.74, 6) is 0. The molecule has 0 aliphatic heterocycles. The highest BCUT2D eigenvalue weighted by atomic mass is 35.5. The van der Waals surface area contributed by atoms with Crippen LogP contribution in [-0.2, 0) is 16.6 Å². The summed E-state index contributed by atoms with van der Waals surface area (Å²) in [6.07, 6.45) is 0. The molecule has 0 radical (unpaired) electrons. The maximum atomic E-state index is 11.0. The third-order valence-electron chi connectivity index (χ3n) is 1.51. The Kier molecular flexibility index (Phi) is 2.92. The highest BCUT2D eigenvalue weighted by Crippen LogP contribution is 2.19. The van der Waals surface area contributed by atoms with Crippen LogP contribution in [0.5, 0.6) is 0 Å². The number of rotatable bonds is 2. The van der Waals surface area contributed by atoms with Crippen LogP contribution in [0, 0.1) is 0 Å². The van der Waals surface area contributed by atoms with Crippen molar-refractivity contribution in [2.45, 2.75) is 11.5 Å². The van der Waals surface area contributed by atoms with Gasteiger partial charge in [0.25, 0.3) is 0 Å². The first-order valence-electron chi connectivity index (χ1n) is 3.37. The van der Waals surface area contributed by atoms with Gasteiger partial charge in [-0.2, -0.15) is 0 Å². The summed E-state index contributed by atoms with van der Waals surface area (Å²) < 4.78 is 21.9. The van der Waals surface area contributed by atoms with Crippen LogP contribution in [0.4, 0.5) is 0 Å². The predicted molar refractivity (Wildman–Crippen MR) is 48.7 cm³/mol. The van der Waals surface area contributed by atoms with Gasteiger partial charge in [0.05, 0.1) is 11.5 Å². The number of primary sulfonamides is 1. The van der Waals surface area contributed by atoms with Crippen molar-refractivity contribution >= 4 is 21.6 Å². The number of halogens is 1. The van der Waals surface area contributed by atoms with Crippen molar-refractivity contribution in [2.75, 3.05) is 0 Å². The zero-order valence-corrected chi connectivity index (χ0v) is 8.14. The largest absolute Gasteiger partial charge is 0.392 e. The zero-order valence-electron chi connectivity index (χ0n) is 6.57. The average Bonchev–Trinajstić information content (AvgIpc) is 2.03. The quantitative estimate of drug-likeness (QED) is 0.762. The van der Waals surface area contributed by atoms with E-state index in [1.165, 1.54) is 18.2 Å². The summed E-state index contributed by atoms with van der Waals surface area (Å²) in [5.41, 5.74) is 0.243. The molecule has 0 aliphatic rings. The number of sulfonamides is 1. The van der Waals surface area contributed by atoms with Crippen molar-refractivity contribution in [3.05, 3.63) is 28.8 Å². The Morgan fingerprint density at radius 3 is 2.54 bits per heavy atom. The van der Waals surface area contributed by atoms with Crippen molar-refractivity contribution < 1.29 is 13.5 Å². The normalized spacial score (nSPS) is 11.6. The van der Waals surface area contributed by atoms with E-state index in [1.807, 2.05) is 0 Å².